The van der Waals surface area contributed by atoms with Crippen molar-refractivity contribution in [2.45, 2.75) is 71.9 Å². The Balaban J connectivity index is 1.88. The van der Waals surface area contributed by atoms with Crippen LogP contribution in [0.25, 0.3) is 0 Å². The topological polar surface area (TPSA) is 70.4 Å². The molecule has 0 atom stereocenters. The van der Waals surface area contributed by atoms with Gasteiger partial charge in [-0.2, -0.15) is 0 Å². The maximum atomic E-state index is 4.76. The summed E-state index contributed by atoms with van der Waals surface area (Å²) in [7, 11) is 1.99. The fourth-order valence-electron chi connectivity index (χ4n) is 3.15. The first-order valence-electron chi connectivity index (χ1n) is 10.3. The quantitative estimate of drug-likeness (QED) is 0.400. The third kappa shape index (κ3) is 6.59. The van der Waals surface area contributed by atoms with Gasteiger partial charge in [0.15, 0.2) is 11.8 Å². The number of nitrogens with zero attached hydrogens (tertiary/aromatic N) is 5. The zero-order valence-electron chi connectivity index (χ0n) is 17.1. The van der Waals surface area contributed by atoms with E-state index in [1.54, 1.807) is 0 Å². The van der Waals surface area contributed by atoms with Crippen LogP contribution in [0.4, 0.5) is 0 Å². The molecular formula is C19H37N7. The Labute approximate surface area is 158 Å². The van der Waals surface area contributed by atoms with Crippen LogP contribution in [-0.2, 0) is 13.6 Å². The van der Waals surface area contributed by atoms with Crippen molar-refractivity contribution in [2.75, 3.05) is 26.2 Å². The predicted octanol–water partition coefficient (Wildman–Crippen LogP) is 2.22. The molecule has 0 bridgehead atoms. The van der Waals surface area contributed by atoms with Crippen molar-refractivity contribution < 1.29 is 0 Å². The van der Waals surface area contributed by atoms with E-state index in [-0.39, 0.29) is 0 Å². The summed E-state index contributed by atoms with van der Waals surface area (Å²) in [4.78, 5) is 7.35. The van der Waals surface area contributed by atoms with Gasteiger partial charge >= 0.3 is 0 Å². The van der Waals surface area contributed by atoms with Crippen LogP contribution in [0.15, 0.2) is 4.99 Å². The molecule has 1 fully saturated rings. The largest absolute Gasteiger partial charge is 0.356 e. The lowest BCUT2D eigenvalue weighted by Crippen LogP contribution is -2.49. The van der Waals surface area contributed by atoms with Crippen molar-refractivity contribution in [3.63, 3.8) is 0 Å². The summed E-state index contributed by atoms with van der Waals surface area (Å²) in [5.74, 6) is 2.72. The number of likely N-dealkylation sites (tertiary alicyclic amines) is 1. The molecule has 1 aromatic rings. The van der Waals surface area contributed by atoms with E-state index in [9.17, 15) is 0 Å². The number of rotatable bonds is 9. The first-order chi connectivity index (χ1) is 12.6. The van der Waals surface area contributed by atoms with E-state index in [4.69, 9.17) is 4.99 Å². The first-order valence-corrected chi connectivity index (χ1v) is 10.3. The van der Waals surface area contributed by atoms with Gasteiger partial charge in [0.25, 0.3) is 0 Å². The Hall–Kier alpha value is -1.63. The zero-order chi connectivity index (χ0) is 18.8. The van der Waals surface area contributed by atoms with E-state index >= 15 is 0 Å². The number of guanidine groups is 1. The SMILES string of the molecule is CCCCNC(=NCc1nnc(C)n1C)NC1CCN(CCCC)CC1. The van der Waals surface area contributed by atoms with Crippen LogP contribution in [0.3, 0.4) is 0 Å². The van der Waals surface area contributed by atoms with Crippen LogP contribution in [-0.4, -0.2) is 57.8 Å². The van der Waals surface area contributed by atoms with Crippen LogP contribution in [0.5, 0.6) is 0 Å². The lowest BCUT2D eigenvalue weighted by atomic mass is 10.0. The van der Waals surface area contributed by atoms with Gasteiger partial charge < -0.3 is 20.1 Å². The Bertz CT molecular complexity index is 544. The van der Waals surface area contributed by atoms with Crippen molar-refractivity contribution in [3.8, 4) is 0 Å². The molecule has 0 amide bonds. The molecule has 0 aromatic carbocycles. The fraction of sp³-hybridized carbons (Fsp3) is 0.842. The number of nitrogens with one attached hydrogen (secondary N) is 2. The summed E-state index contributed by atoms with van der Waals surface area (Å²) < 4.78 is 2.00. The van der Waals surface area contributed by atoms with Gasteiger partial charge in [-0.3, -0.25) is 0 Å². The maximum absolute atomic E-state index is 4.76. The number of piperidine rings is 1. The highest BCUT2D eigenvalue weighted by molar-refractivity contribution is 5.80. The molecule has 2 rings (SSSR count). The highest BCUT2D eigenvalue weighted by atomic mass is 15.3. The van der Waals surface area contributed by atoms with Crippen LogP contribution in [0, 0.1) is 6.92 Å². The van der Waals surface area contributed by atoms with Crippen molar-refractivity contribution in [1.82, 2.24) is 30.3 Å². The molecule has 0 radical (unpaired) electrons. The van der Waals surface area contributed by atoms with E-state index < -0.39 is 0 Å². The van der Waals surface area contributed by atoms with Crippen LogP contribution in [0.2, 0.25) is 0 Å². The first kappa shape index (κ1) is 20.7. The zero-order valence-corrected chi connectivity index (χ0v) is 17.1. The lowest BCUT2D eigenvalue weighted by Gasteiger charge is -2.33. The molecule has 7 nitrogen and oxygen atoms in total. The normalized spacial score (nSPS) is 16.8. The molecule has 1 aromatic heterocycles. The van der Waals surface area contributed by atoms with Gasteiger partial charge in [0.2, 0.25) is 0 Å². The van der Waals surface area contributed by atoms with E-state index in [2.05, 4.69) is 39.6 Å². The van der Waals surface area contributed by atoms with Crippen LogP contribution >= 0.6 is 0 Å². The summed E-state index contributed by atoms with van der Waals surface area (Å²) in [5, 5.41) is 15.4. The molecule has 0 spiro atoms. The van der Waals surface area contributed by atoms with Crippen molar-refractivity contribution in [1.29, 1.82) is 0 Å². The molecule has 2 N–H and O–H groups in total. The van der Waals surface area contributed by atoms with Crippen LogP contribution < -0.4 is 10.6 Å². The predicted molar refractivity (Wildman–Crippen MR) is 107 cm³/mol. The van der Waals surface area contributed by atoms with Crippen molar-refractivity contribution >= 4 is 5.96 Å². The second-order valence-electron chi connectivity index (χ2n) is 7.28. The molecule has 0 unspecified atom stereocenters. The second kappa shape index (κ2) is 11.2. The van der Waals surface area contributed by atoms with Gasteiger partial charge in [-0.05, 0) is 39.2 Å². The third-order valence-corrected chi connectivity index (χ3v) is 5.14. The molecule has 148 valence electrons. The Morgan fingerprint density at radius 2 is 1.88 bits per heavy atom. The van der Waals surface area contributed by atoms with Crippen molar-refractivity contribution in [2.24, 2.45) is 12.0 Å². The second-order valence-corrected chi connectivity index (χ2v) is 7.28. The number of aryl methyl sites for hydroxylation is 1. The molecule has 1 saturated heterocycles. The average molecular weight is 364 g/mol. The standard InChI is InChI=1S/C19H37N7/c1-5-7-11-20-19(21-15-18-24-23-16(3)25(18)4)22-17-9-13-26(14-10-17)12-8-6-2/h17H,5-15H2,1-4H3,(H2,20,21,22). The minimum Gasteiger partial charge on any atom is -0.356 e. The Morgan fingerprint density at radius 3 is 2.50 bits per heavy atom. The van der Waals surface area contributed by atoms with E-state index in [1.807, 2.05) is 18.5 Å². The van der Waals surface area contributed by atoms with Crippen molar-refractivity contribution in [3.05, 3.63) is 11.6 Å². The number of unbranched alkanes of at least 4 members (excludes halogenated alkanes) is 2. The summed E-state index contributed by atoms with van der Waals surface area (Å²) in [6.07, 6.45) is 7.28. The molecule has 26 heavy (non-hydrogen) atoms. The van der Waals surface area contributed by atoms with E-state index in [0.29, 0.717) is 12.6 Å². The van der Waals surface area contributed by atoms with Gasteiger partial charge in [0, 0.05) is 32.7 Å². The molecule has 0 saturated carbocycles. The Kier molecular flexibility index (Phi) is 8.88. The summed E-state index contributed by atoms with van der Waals surface area (Å²) in [5.41, 5.74) is 0. The molecule has 2 heterocycles. The number of aliphatic imine (C=N–C) groups is 1. The summed E-state index contributed by atoms with van der Waals surface area (Å²) >= 11 is 0. The minimum atomic E-state index is 0.502. The molecule has 7 heteroatoms. The molecule has 1 aliphatic heterocycles. The lowest BCUT2D eigenvalue weighted by molar-refractivity contribution is 0.203. The van der Waals surface area contributed by atoms with E-state index in [0.717, 1.165) is 30.6 Å². The number of hydrogen-bond donors (Lipinski definition) is 2. The molecule has 0 aliphatic carbocycles. The van der Waals surface area contributed by atoms with Gasteiger partial charge in [-0.15, -0.1) is 10.2 Å². The van der Waals surface area contributed by atoms with Gasteiger partial charge in [-0.25, -0.2) is 4.99 Å². The summed E-state index contributed by atoms with van der Waals surface area (Å²) in [6.45, 7) is 11.5. The number of hydrogen-bond acceptors (Lipinski definition) is 4. The minimum absolute atomic E-state index is 0.502. The maximum Gasteiger partial charge on any atom is 0.191 e. The fourth-order valence-corrected chi connectivity index (χ4v) is 3.15. The van der Waals surface area contributed by atoms with Gasteiger partial charge in [-0.1, -0.05) is 26.7 Å². The summed E-state index contributed by atoms with van der Waals surface area (Å²) in [6, 6.07) is 0.502. The van der Waals surface area contributed by atoms with Gasteiger partial charge in [0.05, 0.1) is 0 Å². The third-order valence-electron chi connectivity index (χ3n) is 5.14. The molecular weight excluding hydrogens is 326 g/mol. The van der Waals surface area contributed by atoms with Gasteiger partial charge in [0.1, 0.15) is 12.4 Å². The Morgan fingerprint density at radius 1 is 1.15 bits per heavy atom. The monoisotopic (exact) mass is 363 g/mol. The smallest absolute Gasteiger partial charge is 0.191 e. The average Bonchev–Trinajstić information content (AvgIpc) is 2.97. The van der Waals surface area contributed by atoms with Crippen LogP contribution in [0.1, 0.15) is 64.0 Å². The highest BCUT2D eigenvalue weighted by Gasteiger charge is 2.19. The van der Waals surface area contributed by atoms with E-state index in [1.165, 1.54) is 51.7 Å². The number of aromatic nitrogens is 3. The highest BCUT2D eigenvalue weighted by Crippen LogP contribution is 2.11. The molecule has 1 aliphatic rings.